The third-order valence-corrected chi connectivity index (χ3v) is 3.27. The number of nitrogens with one attached hydrogen (secondary N) is 1. The highest BCUT2D eigenvalue weighted by Gasteiger charge is 2.13. The molecule has 2 rings (SSSR count). The molecule has 0 bridgehead atoms. The van der Waals surface area contributed by atoms with Gasteiger partial charge < -0.3 is 19.2 Å². The minimum atomic E-state index is -0.234. The van der Waals surface area contributed by atoms with Gasteiger partial charge in [0.1, 0.15) is 5.58 Å². The second-order valence-electron chi connectivity index (χ2n) is 4.32. The molecule has 0 spiro atoms. The first-order chi connectivity index (χ1) is 9.76. The number of hydrogen-bond acceptors (Lipinski definition) is 4. The van der Waals surface area contributed by atoms with E-state index in [2.05, 4.69) is 5.32 Å². The van der Waals surface area contributed by atoms with E-state index in [9.17, 15) is 0 Å². The van der Waals surface area contributed by atoms with Gasteiger partial charge in [-0.05, 0) is 31.5 Å². The van der Waals surface area contributed by atoms with Crippen LogP contribution in [0.15, 0.2) is 28.7 Å². The number of rotatable bonds is 8. The Morgan fingerprint density at radius 2 is 1.90 bits per heavy atom. The summed E-state index contributed by atoms with van der Waals surface area (Å²) in [5.74, 6) is 0. The van der Waals surface area contributed by atoms with Crippen molar-refractivity contribution in [1.29, 1.82) is 0 Å². The summed E-state index contributed by atoms with van der Waals surface area (Å²) in [6, 6.07) is 7.82. The quantitative estimate of drug-likeness (QED) is 0.757. The van der Waals surface area contributed by atoms with E-state index in [1.807, 2.05) is 38.1 Å². The Balaban J connectivity index is 1.97. The highest BCUT2D eigenvalue weighted by atomic mass is 35.5. The van der Waals surface area contributed by atoms with Crippen LogP contribution in [0.1, 0.15) is 19.4 Å². The summed E-state index contributed by atoms with van der Waals surface area (Å²) in [6.45, 7) is 6.38. The number of fused-ring (bicyclic) bond motifs is 1. The number of furan rings is 1. The van der Waals surface area contributed by atoms with Gasteiger partial charge in [-0.15, -0.1) is 0 Å². The molecule has 20 heavy (non-hydrogen) atoms. The smallest absolute Gasteiger partial charge is 0.199 e. The molecule has 0 fully saturated rings. The molecule has 0 saturated heterocycles. The van der Waals surface area contributed by atoms with Crippen molar-refractivity contribution in [3.05, 3.63) is 35.0 Å². The van der Waals surface area contributed by atoms with Crippen molar-refractivity contribution in [2.24, 2.45) is 0 Å². The van der Waals surface area contributed by atoms with E-state index >= 15 is 0 Å². The Hall–Kier alpha value is -1.07. The van der Waals surface area contributed by atoms with Gasteiger partial charge in [-0.1, -0.05) is 18.2 Å². The van der Waals surface area contributed by atoms with Crippen molar-refractivity contribution in [3.63, 3.8) is 0 Å². The van der Waals surface area contributed by atoms with Crippen LogP contribution >= 0.6 is 11.6 Å². The van der Waals surface area contributed by atoms with Crippen LogP contribution in [0, 0.1) is 0 Å². The standard InChI is InChI=1S/C15H20ClNO3/c1-3-18-14(19-4-2)10-17-9-12-11-7-5-6-8-13(11)20-15(12)16/h5-8,14,17H,3-4,9-10H2,1-2H3. The SMILES string of the molecule is CCOC(CNCc1c(Cl)oc2ccccc12)OCC. The zero-order chi connectivity index (χ0) is 14.4. The summed E-state index contributed by atoms with van der Waals surface area (Å²) in [6.07, 6.45) is -0.234. The van der Waals surface area contributed by atoms with Crippen LogP contribution in [-0.2, 0) is 16.0 Å². The molecule has 1 aromatic heterocycles. The second kappa shape index (κ2) is 7.64. The van der Waals surface area contributed by atoms with Gasteiger partial charge in [0.05, 0.1) is 0 Å². The van der Waals surface area contributed by atoms with Crippen LogP contribution in [0.3, 0.4) is 0 Å². The zero-order valence-corrected chi connectivity index (χ0v) is 12.6. The lowest BCUT2D eigenvalue weighted by Crippen LogP contribution is -2.31. The number of hydrogen-bond donors (Lipinski definition) is 1. The van der Waals surface area contributed by atoms with Gasteiger partial charge in [0.25, 0.3) is 0 Å². The first-order valence-corrected chi connectivity index (χ1v) is 7.23. The van der Waals surface area contributed by atoms with Crippen molar-refractivity contribution < 1.29 is 13.9 Å². The third-order valence-electron chi connectivity index (χ3n) is 2.97. The fourth-order valence-corrected chi connectivity index (χ4v) is 2.34. The average molecular weight is 298 g/mol. The van der Waals surface area contributed by atoms with Gasteiger partial charge in [0.15, 0.2) is 11.5 Å². The lowest BCUT2D eigenvalue weighted by Gasteiger charge is -2.17. The van der Waals surface area contributed by atoms with E-state index in [1.54, 1.807) is 0 Å². The molecular weight excluding hydrogens is 278 g/mol. The summed E-state index contributed by atoms with van der Waals surface area (Å²) >= 11 is 6.14. The van der Waals surface area contributed by atoms with Gasteiger partial charge in [0, 0.05) is 37.3 Å². The van der Waals surface area contributed by atoms with Crippen LogP contribution in [-0.4, -0.2) is 26.0 Å². The summed E-state index contributed by atoms with van der Waals surface area (Å²) in [4.78, 5) is 0. The molecule has 4 nitrogen and oxygen atoms in total. The van der Waals surface area contributed by atoms with Gasteiger partial charge in [0.2, 0.25) is 0 Å². The molecule has 1 heterocycles. The van der Waals surface area contributed by atoms with E-state index in [0.717, 1.165) is 16.5 Å². The Morgan fingerprint density at radius 3 is 2.60 bits per heavy atom. The van der Waals surface area contributed by atoms with Crippen LogP contribution in [0.2, 0.25) is 5.22 Å². The van der Waals surface area contributed by atoms with Crippen molar-refractivity contribution in [2.75, 3.05) is 19.8 Å². The van der Waals surface area contributed by atoms with E-state index in [1.165, 1.54) is 0 Å². The van der Waals surface area contributed by atoms with Gasteiger partial charge in [-0.3, -0.25) is 0 Å². The van der Waals surface area contributed by atoms with Crippen molar-refractivity contribution in [1.82, 2.24) is 5.32 Å². The molecular formula is C15H20ClNO3. The predicted molar refractivity (Wildman–Crippen MR) is 80.0 cm³/mol. The normalized spacial score (nSPS) is 11.6. The molecule has 2 aromatic rings. The fraction of sp³-hybridized carbons (Fsp3) is 0.467. The molecule has 5 heteroatoms. The summed E-state index contributed by atoms with van der Waals surface area (Å²) in [5, 5.41) is 4.77. The first-order valence-electron chi connectivity index (χ1n) is 6.86. The summed E-state index contributed by atoms with van der Waals surface area (Å²) in [7, 11) is 0. The Labute approximate surface area is 124 Å². The number of benzene rings is 1. The highest BCUT2D eigenvalue weighted by Crippen LogP contribution is 2.29. The molecule has 0 aliphatic carbocycles. The van der Waals surface area contributed by atoms with E-state index in [4.69, 9.17) is 25.5 Å². The van der Waals surface area contributed by atoms with E-state index in [0.29, 0.717) is 31.5 Å². The van der Waals surface area contributed by atoms with Crippen LogP contribution < -0.4 is 5.32 Å². The van der Waals surface area contributed by atoms with Gasteiger partial charge in [-0.2, -0.15) is 0 Å². The average Bonchev–Trinajstić information content (AvgIpc) is 2.76. The molecule has 0 atom stereocenters. The monoisotopic (exact) mass is 297 g/mol. The molecule has 110 valence electrons. The maximum absolute atomic E-state index is 6.14. The maximum Gasteiger partial charge on any atom is 0.199 e. The lowest BCUT2D eigenvalue weighted by molar-refractivity contribution is -0.133. The Morgan fingerprint density at radius 1 is 1.20 bits per heavy atom. The van der Waals surface area contributed by atoms with Crippen LogP contribution in [0.25, 0.3) is 11.0 Å². The number of ether oxygens (including phenoxy) is 2. The molecule has 0 unspecified atom stereocenters. The van der Waals surface area contributed by atoms with Crippen molar-refractivity contribution in [3.8, 4) is 0 Å². The molecule has 0 aliphatic heterocycles. The van der Waals surface area contributed by atoms with Gasteiger partial charge >= 0.3 is 0 Å². The molecule has 0 saturated carbocycles. The third kappa shape index (κ3) is 3.73. The number of halogens is 1. The second-order valence-corrected chi connectivity index (χ2v) is 4.66. The molecule has 0 radical (unpaired) electrons. The molecule has 0 aliphatic rings. The maximum atomic E-state index is 6.14. The molecule has 0 amide bonds. The highest BCUT2D eigenvalue weighted by molar-refractivity contribution is 6.30. The van der Waals surface area contributed by atoms with Crippen LogP contribution in [0.5, 0.6) is 0 Å². The zero-order valence-electron chi connectivity index (χ0n) is 11.8. The fourth-order valence-electron chi connectivity index (χ4n) is 2.09. The Kier molecular flexibility index (Phi) is 5.86. The summed E-state index contributed by atoms with van der Waals surface area (Å²) < 4.78 is 16.5. The lowest BCUT2D eigenvalue weighted by atomic mass is 10.2. The minimum absolute atomic E-state index is 0.234. The minimum Gasteiger partial charge on any atom is -0.444 e. The van der Waals surface area contributed by atoms with Crippen molar-refractivity contribution in [2.45, 2.75) is 26.7 Å². The van der Waals surface area contributed by atoms with Crippen LogP contribution in [0.4, 0.5) is 0 Å². The molecule has 1 aromatic carbocycles. The Bertz CT molecular complexity index is 535. The van der Waals surface area contributed by atoms with E-state index in [-0.39, 0.29) is 6.29 Å². The summed E-state index contributed by atoms with van der Waals surface area (Å²) in [5.41, 5.74) is 1.77. The van der Waals surface area contributed by atoms with E-state index < -0.39 is 0 Å². The largest absolute Gasteiger partial charge is 0.444 e. The number of para-hydroxylation sites is 1. The first kappa shape index (κ1) is 15.3. The van der Waals surface area contributed by atoms with Crippen molar-refractivity contribution >= 4 is 22.6 Å². The molecule has 1 N–H and O–H groups in total. The topological polar surface area (TPSA) is 43.6 Å². The van der Waals surface area contributed by atoms with Gasteiger partial charge in [-0.25, -0.2) is 0 Å². The predicted octanol–water partition coefficient (Wildman–Crippen LogP) is 3.57.